The summed E-state index contributed by atoms with van der Waals surface area (Å²) in [7, 11) is -0.792. The van der Waals surface area contributed by atoms with E-state index in [4.69, 9.17) is 0 Å². The SMILES string of the molecule is CN(C)S(=O)(=O)c1cccc(C(=O)NCC(=O)NCCSc2ccccc2)c1. The molecular weight excluding hydrogens is 398 g/mol. The summed E-state index contributed by atoms with van der Waals surface area (Å²) >= 11 is 1.63. The highest BCUT2D eigenvalue weighted by Crippen LogP contribution is 2.16. The van der Waals surface area contributed by atoms with E-state index in [-0.39, 0.29) is 22.9 Å². The lowest BCUT2D eigenvalue weighted by molar-refractivity contribution is -0.120. The maximum Gasteiger partial charge on any atom is 0.251 e. The van der Waals surface area contributed by atoms with E-state index >= 15 is 0 Å². The Labute approximate surface area is 169 Å². The van der Waals surface area contributed by atoms with Gasteiger partial charge in [0.1, 0.15) is 0 Å². The highest BCUT2D eigenvalue weighted by atomic mass is 32.2. The molecule has 0 unspecified atom stereocenters. The zero-order valence-corrected chi connectivity index (χ0v) is 17.3. The molecule has 2 rings (SSSR count). The summed E-state index contributed by atoms with van der Waals surface area (Å²) in [6, 6.07) is 15.5. The van der Waals surface area contributed by atoms with Crippen molar-refractivity contribution in [2.75, 3.05) is 32.9 Å². The highest BCUT2D eigenvalue weighted by molar-refractivity contribution is 7.99. The van der Waals surface area contributed by atoms with Gasteiger partial charge in [-0.15, -0.1) is 11.8 Å². The van der Waals surface area contributed by atoms with Crippen molar-refractivity contribution in [2.24, 2.45) is 0 Å². The molecule has 0 aromatic heterocycles. The molecule has 2 aromatic carbocycles. The van der Waals surface area contributed by atoms with E-state index in [0.717, 1.165) is 9.20 Å². The second-order valence-corrected chi connectivity index (χ2v) is 9.33. The van der Waals surface area contributed by atoms with Crippen LogP contribution in [0.4, 0.5) is 0 Å². The van der Waals surface area contributed by atoms with Gasteiger partial charge in [0.25, 0.3) is 5.91 Å². The van der Waals surface area contributed by atoms with Gasteiger partial charge in [-0.25, -0.2) is 12.7 Å². The Bertz CT molecular complexity index is 916. The predicted octanol–water partition coefficient (Wildman–Crippen LogP) is 1.58. The van der Waals surface area contributed by atoms with Crippen LogP contribution >= 0.6 is 11.8 Å². The Morgan fingerprint density at radius 3 is 2.39 bits per heavy atom. The van der Waals surface area contributed by atoms with Crippen LogP contribution in [-0.4, -0.2) is 57.5 Å². The molecule has 0 saturated carbocycles. The van der Waals surface area contributed by atoms with Gasteiger partial charge in [-0.1, -0.05) is 24.3 Å². The maximum atomic E-state index is 12.2. The molecule has 0 atom stereocenters. The number of nitrogens with zero attached hydrogens (tertiary/aromatic N) is 1. The highest BCUT2D eigenvalue weighted by Gasteiger charge is 2.18. The first-order chi connectivity index (χ1) is 13.3. The fourth-order valence-corrected chi connectivity index (χ4v) is 3.95. The third-order valence-corrected chi connectivity index (χ3v) is 6.55. The quantitative estimate of drug-likeness (QED) is 0.473. The third kappa shape index (κ3) is 6.36. The Morgan fingerprint density at radius 2 is 1.71 bits per heavy atom. The molecule has 0 saturated heterocycles. The summed E-state index contributed by atoms with van der Waals surface area (Å²) < 4.78 is 25.4. The number of amides is 2. The van der Waals surface area contributed by atoms with Gasteiger partial charge >= 0.3 is 0 Å². The van der Waals surface area contributed by atoms with Crippen LogP contribution in [0.2, 0.25) is 0 Å². The second-order valence-electron chi connectivity index (χ2n) is 6.01. The van der Waals surface area contributed by atoms with Crippen molar-refractivity contribution in [2.45, 2.75) is 9.79 Å². The number of thioether (sulfide) groups is 1. The minimum absolute atomic E-state index is 0.0209. The molecule has 2 aromatic rings. The molecule has 2 N–H and O–H groups in total. The topological polar surface area (TPSA) is 95.6 Å². The van der Waals surface area contributed by atoms with Crippen LogP contribution in [0.3, 0.4) is 0 Å². The van der Waals surface area contributed by atoms with Crippen molar-refractivity contribution in [3.63, 3.8) is 0 Å². The van der Waals surface area contributed by atoms with Crippen molar-refractivity contribution in [3.8, 4) is 0 Å². The van der Waals surface area contributed by atoms with Gasteiger partial charge in [-0.3, -0.25) is 9.59 Å². The minimum Gasteiger partial charge on any atom is -0.354 e. The third-order valence-electron chi connectivity index (χ3n) is 3.72. The van der Waals surface area contributed by atoms with Crippen LogP contribution in [0.15, 0.2) is 64.4 Å². The summed E-state index contributed by atoms with van der Waals surface area (Å²) in [6.45, 7) is 0.296. The first-order valence-electron chi connectivity index (χ1n) is 8.56. The number of nitrogens with one attached hydrogen (secondary N) is 2. The fourth-order valence-electron chi connectivity index (χ4n) is 2.21. The fraction of sp³-hybridized carbons (Fsp3) is 0.263. The van der Waals surface area contributed by atoms with E-state index < -0.39 is 15.9 Å². The Kier molecular flexibility index (Phi) is 8.04. The molecule has 0 radical (unpaired) electrons. The van der Waals surface area contributed by atoms with Gasteiger partial charge in [0.2, 0.25) is 15.9 Å². The first kappa shape index (κ1) is 21.9. The number of sulfonamides is 1. The lowest BCUT2D eigenvalue weighted by atomic mass is 10.2. The molecule has 0 aliphatic rings. The van der Waals surface area contributed by atoms with E-state index in [0.29, 0.717) is 12.3 Å². The predicted molar refractivity (Wildman–Crippen MR) is 110 cm³/mol. The average Bonchev–Trinajstić information content (AvgIpc) is 2.70. The average molecular weight is 422 g/mol. The van der Waals surface area contributed by atoms with E-state index in [1.165, 1.54) is 38.4 Å². The second kappa shape index (κ2) is 10.3. The molecule has 0 aliphatic heterocycles. The van der Waals surface area contributed by atoms with Crippen molar-refractivity contribution in [1.29, 1.82) is 0 Å². The number of hydrogen-bond donors (Lipinski definition) is 2. The van der Waals surface area contributed by atoms with Crippen LogP contribution < -0.4 is 10.6 Å². The molecule has 0 heterocycles. The van der Waals surface area contributed by atoms with E-state index in [9.17, 15) is 18.0 Å². The van der Waals surface area contributed by atoms with Crippen LogP contribution in [0.5, 0.6) is 0 Å². The molecule has 0 spiro atoms. The zero-order chi connectivity index (χ0) is 20.6. The van der Waals surface area contributed by atoms with Gasteiger partial charge in [0.05, 0.1) is 11.4 Å². The molecule has 0 aliphatic carbocycles. The van der Waals surface area contributed by atoms with Gasteiger partial charge < -0.3 is 10.6 Å². The van der Waals surface area contributed by atoms with E-state index in [2.05, 4.69) is 10.6 Å². The Morgan fingerprint density at radius 1 is 1.00 bits per heavy atom. The van der Waals surface area contributed by atoms with Crippen LogP contribution in [0.1, 0.15) is 10.4 Å². The molecule has 28 heavy (non-hydrogen) atoms. The van der Waals surface area contributed by atoms with Crippen LogP contribution in [-0.2, 0) is 14.8 Å². The zero-order valence-electron chi connectivity index (χ0n) is 15.7. The summed E-state index contributed by atoms with van der Waals surface area (Å²) in [6.07, 6.45) is 0. The lowest BCUT2D eigenvalue weighted by Gasteiger charge is -2.12. The molecule has 7 nitrogen and oxygen atoms in total. The number of carbonyl (C=O) groups is 2. The number of hydrogen-bond acceptors (Lipinski definition) is 5. The number of carbonyl (C=O) groups excluding carboxylic acids is 2. The summed E-state index contributed by atoms with van der Waals surface area (Å²) in [5.74, 6) is -0.0996. The largest absolute Gasteiger partial charge is 0.354 e. The van der Waals surface area contributed by atoms with Crippen molar-refractivity contribution in [3.05, 3.63) is 60.2 Å². The molecule has 2 amide bonds. The summed E-state index contributed by atoms with van der Waals surface area (Å²) in [4.78, 5) is 25.2. The standard InChI is InChI=1S/C19H23N3O4S2/c1-22(2)28(25,26)17-10-6-7-15(13-17)19(24)21-14-18(23)20-11-12-27-16-8-4-3-5-9-16/h3-10,13H,11-12,14H2,1-2H3,(H,20,23)(H,21,24). The molecule has 0 fully saturated rings. The van der Waals surface area contributed by atoms with Gasteiger partial charge in [-0.2, -0.15) is 0 Å². The Hall–Kier alpha value is -2.36. The first-order valence-corrected chi connectivity index (χ1v) is 11.0. The number of benzene rings is 2. The Balaban J connectivity index is 1.79. The molecular formula is C19H23N3O4S2. The summed E-state index contributed by atoms with van der Waals surface area (Å²) in [5, 5.41) is 5.23. The molecule has 150 valence electrons. The van der Waals surface area contributed by atoms with Gasteiger partial charge in [-0.05, 0) is 30.3 Å². The van der Waals surface area contributed by atoms with Crippen LogP contribution in [0, 0.1) is 0 Å². The van der Waals surface area contributed by atoms with Gasteiger partial charge in [0, 0.05) is 36.9 Å². The van der Waals surface area contributed by atoms with Crippen LogP contribution in [0.25, 0.3) is 0 Å². The lowest BCUT2D eigenvalue weighted by Crippen LogP contribution is -2.37. The van der Waals surface area contributed by atoms with E-state index in [1.807, 2.05) is 30.3 Å². The van der Waals surface area contributed by atoms with Gasteiger partial charge in [0.15, 0.2) is 0 Å². The molecule has 0 bridgehead atoms. The maximum absolute atomic E-state index is 12.2. The number of rotatable bonds is 9. The van der Waals surface area contributed by atoms with Crippen molar-refractivity contribution < 1.29 is 18.0 Å². The monoisotopic (exact) mass is 421 g/mol. The van der Waals surface area contributed by atoms with E-state index in [1.54, 1.807) is 11.8 Å². The summed E-state index contributed by atoms with van der Waals surface area (Å²) in [5.41, 5.74) is 0.176. The van der Waals surface area contributed by atoms with Crippen molar-refractivity contribution in [1.82, 2.24) is 14.9 Å². The molecule has 9 heteroatoms. The smallest absolute Gasteiger partial charge is 0.251 e. The normalized spacial score (nSPS) is 11.2. The minimum atomic E-state index is -3.63. The van der Waals surface area contributed by atoms with Crippen molar-refractivity contribution >= 4 is 33.6 Å².